The van der Waals surface area contributed by atoms with Crippen LogP contribution in [0.4, 0.5) is 0 Å². The predicted octanol–water partition coefficient (Wildman–Crippen LogP) is 1.87. The fourth-order valence-corrected chi connectivity index (χ4v) is 3.58. The van der Waals surface area contributed by atoms with Gasteiger partial charge in [-0.1, -0.05) is 0 Å². The van der Waals surface area contributed by atoms with Crippen molar-refractivity contribution < 1.29 is 24.2 Å². The molecule has 1 fully saturated rings. The number of benzene rings is 1. The maximum atomic E-state index is 12.1. The van der Waals surface area contributed by atoms with Crippen LogP contribution in [0.3, 0.4) is 0 Å². The van der Waals surface area contributed by atoms with Crippen molar-refractivity contribution in [3.05, 3.63) is 18.2 Å². The molecule has 0 spiro atoms. The lowest BCUT2D eigenvalue weighted by atomic mass is 10.1. The molecule has 1 aromatic rings. The summed E-state index contributed by atoms with van der Waals surface area (Å²) in [5.41, 5.74) is 0. The second-order valence-corrected chi connectivity index (χ2v) is 6.74. The predicted molar refractivity (Wildman–Crippen MR) is 85.1 cm³/mol. The standard InChI is InChI=1S/C16H19NO5S/c18-15(17-5-3-11(10-17)16(19)20)4-8-23-12-1-2-13-14(9-12)22-7-6-21-13/h1-2,9,11H,3-8,10H2,(H,19,20). The van der Waals surface area contributed by atoms with Gasteiger partial charge in [-0.15, -0.1) is 11.8 Å². The van der Waals surface area contributed by atoms with Crippen molar-refractivity contribution in [3.8, 4) is 11.5 Å². The first-order valence-corrected chi connectivity index (χ1v) is 8.65. The molecule has 1 amide bonds. The summed E-state index contributed by atoms with van der Waals surface area (Å²) in [5, 5.41) is 8.97. The number of aliphatic carboxylic acids is 1. The van der Waals surface area contributed by atoms with Gasteiger partial charge in [0.05, 0.1) is 5.92 Å². The molecule has 2 aliphatic heterocycles. The monoisotopic (exact) mass is 337 g/mol. The van der Waals surface area contributed by atoms with Crippen molar-refractivity contribution in [2.24, 2.45) is 5.92 Å². The van der Waals surface area contributed by atoms with Crippen LogP contribution in [0, 0.1) is 5.92 Å². The van der Waals surface area contributed by atoms with E-state index in [9.17, 15) is 9.59 Å². The molecule has 1 aromatic carbocycles. The third-order valence-electron chi connectivity index (χ3n) is 3.99. The van der Waals surface area contributed by atoms with E-state index in [1.54, 1.807) is 16.7 Å². The molecule has 0 radical (unpaired) electrons. The molecular formula is C16H19NO5S. The molecule has 6 nitrogen and oxygen atoms in total. The van der Waals surface area contributed by atoms with Crippen LogP contribution in [0.2, 0.25) is 0 Å². The van der Waals surface area contributed by atoms with Gasteiger partial charge in [0.15, 0.2) is 11.5 Å². The Morgan fingerprint density at radius 1 is 1.26 bits per heavy atom. The van der Waals surface area contributed by atoms with Gasteiger partial charge in [0.25, 0.3) is 0 Å². The molecule has 0 bridgehead atoms. The number of rotatable bonds is 5. The van der Waals surface area contributed by atoms with Gasteiger partial charge in [0, 0.05) is 30.2 Å². The molecule has 2 heterocycles. The molecule has 124 valence electrons. The van der Waals surface area contributed by atoms with E-state index >= 15 is 0 Å². The highest BCUT2D eigenvalue weighted by molar-refractivity contribution is 7.99. The van der Waals surface area contributed by atoms with Crippen LogP contribution >= 0.6 is 11.8 Å². The lowest BCUT2D eigenvalue weighted by molar-refractivity contribution is -0.141. The first kappa shape index (κ1) is 16.0. The highest BCUT2D eigenvalue weighted by Crippen LogP contribution is 2.34. The molecule has 3 rings (SSSR count). The normalized spacial score (nSPS) is 19.7. The molecule has 1 atom stereocenters. The highest BCUT2D eigenvalue weighted by atomic mass is 32.2. The van der Waals surface area contributed by atoms with Crippen molar-refractivity contribution in [2.45, 2.75) is 17.7 Å². The maximum absolute atomic E-state index is 12.1. The van der Waals surface area contributed by atoms with Crippen molar-refractivity contribution in [3.63, 3.8) is 0 Å². The van der Waals surface area contributed by atoms with Gasteiger partial charge in [-0.3, -0.25) is 9.59 Å². The van der Waals surface area contributed by atoms with E-state index in [0.29, 0.717) is 44.9 Å². The largest absolute Gasteiger partial charge is 0.486 e. The molecule has 1 N–H and O–H groups in total. The van der Waals surface area contributed by atoms with E-state index in [4.69, 9.17) is 14.6 Å². The van der Waals surface area contributed by atoms with Crippen molar-refractivity contribution in [2.75, 3.05) is 32.1 Å². The number of ether oxygens (including phenoxy) is 2. The fourth-order valence-electron chi connectivity index (χ4n) is 2.72. The summed E-state index contributed by atoms with van der Waals surface area (Å²) in [5.74, 6) is 0.964. The summed E-state index contributed by atoms with van der Waals surface area (Å²) < 4.78 is 11.0. The Morgan fingerprint density at radius 2 is 2.04 bits per heavy atom. The molecule has 23 heavy (non-hydrogen) atoms. The number of carbonyl (C=O) groups is 2. The molecule has 1 unspecified atom stereocenters. The number of nitrogens with zero attached hydrogens (tertiary/aromatic N) is 1. The van der Waals surface area contributed by atoms with E-state index < -0.39 is 11.9 Å². The summed E-state index contributed by atoms with van der Waals surface area (Å²) in [7, 11) is 0. The average Bonchev–Trinajstić information content (AvgIpc) is 3.05. The first-order chi connectivity index (χ1) is 11.1. The Balaban J connectivity index is 1.46. The highest BCUT2D eigenvalue weighted by Gasteiger charge is 2.30. The third kappa shape index (κ3) is 3.90. The topological polar surface area (TPSA) is 76.1 Å². The molecule has 0 aromatic heterocycles. The van der Waals surface area contributed by atoms with Gasteiger partial charge >= 0.3 is 5.97 Å². The minimum Gasteiger partial charge on any atom is -0.486 e. The molecule has 0 saturated carbocycles. The van der Waals surface area contributed by atoms with Crippen LogP contribution in [-0.2, 0) is 9.59 Å². The molecular weight excluding hydrogens is 318 g/mol. The number of fused-ring (bicyclic) bond motifs is 1. The van der Waals surface area contributed by atoms with Gasteiger partial charge in [-0.2, -0.15) is 0 Å². The second kappa shape index (κ2) is 7.12. The summed E-state index contributed by atoms with van der Waals surface area (Å²) in [6.07, 6.45) is 0.960. The average molecular weight is 337 g/mol. The summed E-state index contributed by atoms with van der Waals surface area (Å²) >= 11 is 1.59. The van der Waals surface area contributed by atoms with Gasteiger partial charge in [-0.25, -0.2) is 0 Å². The van der Waals surface area contributed by atoms with E-state index in [0.717, 1.165) is 16.4 Å². The Labute approximate surface area is 138 Å². The lowest BCUT2D eigenvalue weighted by Gasteiger charge is -2.19. The fraction of sp³-hybridized carbons (Fsp3) is 0.500. The minimum atomic E-state index is -0.814. The lowest BCUT2D eigenvalue weighted by Crippen LogP contribution is -2.30. The van der Waals surface area contributed by atoms with Crippen LogP contribution in [0.15, 0.2) is 23.1 Å². The zero-order chi connectivity index (χ0) is 16.2. The quantitative estimate of drug-likeness (QED) is 0.827. The Morgan fingerprint density at radius 3 is 2.78 bits per heavy atom. The third-order valence-corrected chi connectivity index (χ3v) is 4.98. The van der Waals surface area contributed by atoms with Gasteiger partial charge < -0.3 is 19.5 Å². The zero-order valence-corrected chi connectivity index (χ0v) is 13.5. The molecule has 1 saturated heterocycles. The van der Waals surface area contributed by atoms with Gasteiger partial charge in [0.1, 0.15) is 13.2 Å². The van der Waals surface area contributed by atoms with Crippen molar-refractivity contribution in [1.82, 2.24) is 4.90 Å². The SMILES string of the molecule is O=C(O)C1CCN(C(=O)CCSc2ccc3c(c2)OCCO3)C1. The number of hydrogen-bond acceptors (Lipinski definition) is 5. The van der Waals surface area contributed by atoms with Crippen molar-refractivity contribution >= 4 is 23.6 Å². The van der Waals surface area contributed by atoms with Crippen LogP contribution in [0.25, 0.3) is 0 Å². The summed E-state index contributed by atoms with van der Waals surface area (Å²) in [4.78, 5) is 25.7. The Kier molecular flexibility index (Phi) is 4.95. The minimum absolute atomic E-state index is 0.0267. The smallest absolute Gasteiger partial charge is 0.308 e. The van der Waals surface area contributed by atoms with Crippen molar-refractivity contribution in [1.29, 1.82) is 0 Å². The maximum Gasteiger partial charge on any atom is 0.308 e. The second-order valence-electron chi connectivity index (χ2n) is 5.57. The number of thioether (sulfide) groups is 1. The van der Waals surface area contributed by atoms with E-state index in [2.05, 4.69) is 0 Å². The van der Waals surface area contributed by atoms with Crippen LogP contribution in [0.5, 0.6) is 11.5 Å². The number of carboxylic acids is 1. The van der Waals surface area contributed by atoms with Gasteiger partial charge in [-0.05, 0) is 24.6 Å². The molecule has 2 aliphatic rings. The number of carboxylic acid groups (broad SMARTS) is 1. The number of hydrogen-bond donors (Lipinski definition) is 1. The Bertz CT molecular complexity index is 606. The first-order valence-electron chi connectivity index (χ1n) is 7.66. The number of amides is 1. The van der Waals surface area contributed by atoms with Crippen LogP contribution < -0.4 is 9.47 Å². The van der Waals surface area contributed by atoms with E-state index in [1.807, 2.05) is 18.2 Å². The number of carbonyl (C=O) groups excluding carboxylic acids is 1. The summed E-state index contributed by atoms with van der Waals surface area (Å²) in [6, 6.07) is 5.77. The molecule has 0 aliphatic carbocycles. The molecule has 7 heteroatoms. The van der Waals surface area contributed by atoms with E-state index in [-0.39, 0.29) is 5.91 Å². The van der Waals surface area contributed by atoms with Crippen LogP contribution in [-0.4, -0.2) is 53.9 Å². The summed E-state index contributed by atoms with van der Waals surface area (Å²) in [6.45, 7) is 2.01. The Hall–Kier alpha value is -1.89. The van der Waals surface area contributed by atoms with E-state index in [1.165, 1.54) is 0 Å². The zero-order valence-electron chi connectivity index (χ0n) is 12.7. The number of likely N-dealkylation sites (tertiary alicyclic amines) is 1. The van der Waals surface area contributed by atoms with Crippen LogP contribution in [0.1, 0.15) is 12.8 Å². The van der Waals surface area contributed by atoms with Gasteiger partial charge in [0.2, 0.25) is 5.91 Å².